The molecule has 0 aliphatic heterocycles. The van der Waals surface area contributed by atoms with Crippen LogP contribution in [0.1, 0.15) is 77.6 Å². The molecule has 0 unspecified atom stereocenters. The van der Waals surface area contributed by atoms with E-state index in [4.69, 9.17) is 0 Å². The van der Waals surface area contributed by atoms with Crippen molar-refractivity contribution in [2.45, 2.75) is 77.6 Å². The highest BCUT2D eigenvalue weighted by molar-refractivity contribution is 6.57. The summed E-state index contributed by atoms with van der Waals surface area (Å²) >= 11 is 0. The van der Waals surface area contributed by atoms with Gasteiger partial charge in [-0.2, -0.15) is 0 Å². The van der Waals surface area contributed by atoms with Crippen molar-refractivity contribution >= 4 is 17.9 Å². The summed E-state index contributed by atoms with van der Waals surface area (Å²) in [6.07, 6.45) is 12.3. The lowest BCUT2D eigenvalue weighted by molar-refractivity contribution is -0.140. The molecule has 3 nitrogen and oxygen atoms in total. The molecule has 0 rings (SSSR count). The fourth-order valence-corrected chi connectivity index (χ4v) is 1.96. The third-order valence-corrected chi connectivity index (χ3v) is 3.14. The van der Waals surface area contributed by atoms with Gasteiger partial charge in [-0.3, -0.25) is 14.4 Å². The molecule has 0 N–H and O–H groups in total. The zero-order chi connectivity index (χ0) is 13.6. The van der Waals surface area contributed by atoms with E-state index in [9.17, 15) is 14.4 Å². The third kappa shape index (κ3) is 10.2. The Labute approximate surface area is 110 Å². The Morgan fingerprint density at radius 2 is 1.22 bits per heavy atom. The Bertz CT molecular complexity index is 246. The predicted octanol–water partition coefficient (Wildman–Crippen LogP) is 3.63. The molecular weight excluding hydrogens is 228 g/mol. The molecule has 104 valence electrons. The Balaban J connectivity index is 3.19. The Morgan fingerprint density at radius 3 is 1.67 bits per heavy atom. The number of rotatable bonds is 13. The van der Waals surface area contributed by atoms with E-state index in [1.807, 2.05) is 0 Å². The normalized spacial score (nSPS) is 10.3. The minimum absolute atomic E-state index is 0.110. The summed E-state index contributed by atoms with van der Waals surface area (Å²) in [4.78, 5) is 31.8. The summed E-state index contributed by atoms with van der Waals surface area (Å²) in [7, 11) is 0. The van der Waals surface area contributed by atoms with Gasteiger partial charge in [-0.15, -0.1) is 0 Å². The van der Waals surface area contributed by atoms with Crippen molar-refractivity contribution < 1.29 is 14.4 Å². The summed E-state index contributed by atoms with van der Waals surface area (Å²) in [6, 6.07) is 0. The second-order valence-corrected chi connectivity index (χ2v) is 4.84. The van der Waals surface area contributed by atoms with Crippen molar-refractivity contribution in [1.82, 2.24) is 0 Å². The highest BCUT2D eigenvalue weighted by Gasteiger charge is 2.10. The number of carbonyl (C=O) groups is 3. The largest absolute Gasteiger partial charge is 0.294 e. The van der Waals surface area contributed by atoms with Gasteiger partial charge in [-0.1, -0.05) is 64.7 Å². The van der Waals surface area contributed by atoms with Crippen LogP contribution in [0.4, 0.5) is 0 Å². The average Bonchev–Trinajstić information content (AvgIpc) is 2.39. The maximum Gasteiger partial charge on any atom is 0.260 e. The van der Waals surface area contributed by atoms with Gasteiger partial charge in [0, 0.05) is 6.42 Å². The Hall–Kier alpha value is -0.990. The Morgan fingerprint density at radius 1 is 0.778 bits per heavy atom. The van der Waals surface area contributed by atoms with Crippen molar-refractivity contribution in [3.05, 3.63) is 0 Å². The van der Waals surface area contributed by atoms with Crippen LogP contribution >= 0.6 is 0 Å². The van der Waals surface area contributed by atoms with Crippen molar-refractivity contribution in [2.24, 2.45) is 0 Å². The maximum atomic E-state index is 11.0. The van der Waals surface area contributed by atoms with Crippen LogP contribution in [0.2, 0.25) is 0 Å². The minimum Gasteiger partial charge on any atom is -0.294 e. The molecule has 0 aromatic heterocycles. The molecule has 0 amide bonds. The van der Waals surface area contributed by atoms with Gasteiger partial charge in [0.05, 0.1) is 0 Å². The lowest BCUT2D eigenvalue weighted by Crippen LogP contribution is -2.14. The third-order valence-electron chi connectivity index (χ3n) is 3.14. The van der Waals surface area contributed by atoms with Crippen LogP contribution in [0.15, 0.2) is 0 Å². The standard InChI is InChI=1S/C15H26O3/c1-2-3-4-5-6-7-8-9-10-11-12-14(17)15(18)13-16/h13H,2-12H2,1H3. The lowest BCUT2D eigenvalue weighted by atomic mass is 10.0. The zero-order valence-electron chi connectivity index (χ0n) is 11.6. The van der Waals surface area contributed by atoms with Gasteiger partial charge in [0.25, 0.3) is 5.78 Å². The highest BCUT2D eigenvalue weighted by Crippen LogP contribution is 2.11. The van der Waals surface area contributed by atoms with Crippen LogP contribution in [0, 0.1) is 0 Å². The zero-order valence-corrected chi connectivity index (χ0v) is 11.6. The second-order valence-electron chi connectivity index (χ2n) is 4.84. The van der Waals surface area contributed by atoms with Gasteiger partial charge in [0.1, 0.15) is 0 Å². The van der Waals surface area contributed by atoms with Crippen LogP contribution in [0.5, 0.6) is 0 Å². The van der Waals surface area contributed by atoms with E-state index in [0.717, 1.165) is 19.3 Å². The molecule has 0 aliphatic rings. The summed E-state index contributed by atoms with van der Waals surface area (Å²) in [5.74, 6) is -1.42. The summed E-state index contributed by atoms with van der Waals surface area (Å²) in [5, 5.41) is 0. The van der Waals surface area contributed by atoms with Gasteiger partial charge in [0.2, 0.25) is 5.78 Å². The summed E-state index contributed by atoms with van der Waals surface area (Å²) < 4.78 is 0. The molecule has 0 saturated carbocycles. The summed E-state index contributed by atoms with van der Waals surface area (Å²) in [5.41, 5.74) is 0. The molecule has 0 spiro atoms. The molecule has 0 fully saturated rings. The van der Waals surface area contributed by atoms with Crippen molar-refractivity contribution in [3.8, 4) is 0 Å². The van der Waals surface area contributed by atoms with Gasteiger partial charge in [0.15, 0.2) is 6.29 Å². The van der Waals surface area contributed by atoms with E-state index in [1.54, 1.807) is 0 Å². The quantitative estimate of drug-likeness (QED) is 0.218. The van der Waals surface area contributed by atoms with Crippen molar-refractivity contribution in [2.75, 3.05) is 0 Å². The van der Waals surface area contributed by atoms with Gasteiger partial charge in [-0.25, -0.2) is 0 Å². The maximum absolute atomic E-state index is 11.0. The number of unbranched alkanes of at least 4 members (excludes halogenated alkanes) is 9. The van der Waals surface area contributed by atoms with Crippen LogP contribution in [0.25, 0.3) is 0 Å². The molecule has 0 bridgehead atoms. The first-order valence-electron chi connectivity index (χ1n) is 7.24. The molecular formula is C15H26O3. The first-order valence-corrected chi connectivity index (χ1v) is 7.24. The van der Waals surface area contributed by atoms with Crippen molar-refractivity contribution in [3.63, 3.8) is 0 Å². The van der Waals surface area contributed by atoms with E-state index in [-0.39, 0.29) is 12.7 Å². The fraction of sp³-hybridized carbons (Fsp3) is 0.800. The van der Waals surface area contributed by atoms with Gasteiger partial charge >= 0.3 is 0 Å². The highest BCUT2D eigenvalue weighted by atomic mass is 16.2. The molecule has 0 radical (unpaired) electrons. The molecule has 0 aromatic carbocycles. The van der Waals surface area contributed by atoms with Crippen LogP contribution in [0.3, 0.4) is 0 Å². The van der Waals surface area contributed by atoms with Crippen LogP contribution < -0.4 is 0 Å². The summed E-state index contributed by atoms with van der Waals surface area (Å²) in [6.45, 7) is 2.22. The number of aldehydes is 1. The number of carbonyl (C=O) groups excluding carboxylic acids is 3. The molecule has 0 aliphatic carbocycles. The molecule has 3 heteroatoms. The monoisotopic (exact) mass is 254 g/mol. The molecule has 18 heavy (non-hydrogen) atoms. The number of hydrogen-bond donors (Lipinski definition) is 0. The molecule has 0 saturated heterocycles. The van der Waals surface area contributed by atoms with E-state index < -0.39 is 11.6 Å². The number of ketones is 2. The minimum atomic E-state index is -0.883. The van der Waals surface area contributed by atoms with Gasteiger partial charge < -0.3 is 0 Å². The topological polar surface area (TPSA) is 51.2 Å². The molecule has 0 aromatic rings. The van der Waals surface area contributed by atoms with Crippen LogP contribution in [-0.2, 0) is 14.4 Å². The molecule has 0 atom stereocenters. The lowest BCUT2D eigenvalue weighted by Gasteiger charge is -2.01. The SMILES string of the molecule is CCCCCCCCCCCCC(=O)C(=O)C=O. The first kappa shape index (κ1) is 17.0. The second kappa shape index (κ2) is 12.5. The number of Topliss-reactive ketones (excluding diaryl/α,β-unsaturated/α-hetero) is 2. The van der Waals surface area contributed by atoms with E-state index in [0.29, 0.717) is 0 Å². The Kier molecular flexibility index (Phi) is 11.8. The predicted molar refractivity (Wildman–Crippen MR) is 72.5 cm³/mol. The van der Waals surface area contributed by atoms with Crippen molar-refractivity contribution in [1.29, 1.82) is 0 Å². The smallest absolute Gasteiger partial charge is 0.260 e. The molecule has 0 heterocycles. The number of hydrogen-bond acceptors (Lipinski definition) is 3. The van der Waals surface area contributed by atoms with E-state index in [2.05, 4.69) is 6.92 Å². The van der Waals surface area contributed by atoms with Crippen LogP contribution in [-0.4, -0.2) is 17.9 Å². The van der Waals surface area contributed by atoms with E-state index >= 15 is 0 Å². The average molecular weight is 254 g/mol. The van der Waals surface area contributed by atoms with Gasteiger partial charge in [-0.05, 0) is 6.42 Å². The van der Waals surface area contributed by atoms with E-state index in [1.165, 1.54) is 44.9 Å². The fourth-order valence-electron chi connectivity index (χ4n) is 1.96. The first-order chi connectivity index (χ1) is 8.72.